The van der Waals surface area contributed by atoms with Crippen molar-refractivity contribution in [2.75, 3.05) is 26.1 Å². The van der Waals surface area contributed by atoms with E-state index in [2.05, 4.69) is 16.9 Å². The van der Waals surface area contributed by atoms with Gasteiger partial charge in [-0.15, -0.1) is 6.58 Å². The number of thioether (sulfide) groups is 1. The van der Waals surface area contributed by atoms with E-state index >= 15 is 0 Å². The molecule has 1 N–H and O–H groups in total. The van der Waals surface area contributed by atoms with Gasteiger partial charge in [-0.2, -0.15) is 0 Å². The number of aliphatic imine (C=N–C) groups is 1. The molecule has 2 aromatic carbocycles. The SMILES string of the molecule is C=CCN1C(=O)C(CC(=O)Nc2ccc(OC)cc2OC)SC1=Nc1ccc(Cl)c(Cl)c1. The molecule has 0 aliphatic carbocycles. The average Bonchev–Trinajstić information content (AvgIpc) is 3.05. The normalized spacial score (nSPS) is 16.9. The fourth-order valence-corrected chi connectivity index (χ4v) is 4.42. The van der Waals surface area contributed by atoms with Crippen LogP contribution in [0.1, 0.15) is 6.42 Å². The second-order valence-corrected chi connectivity index (χ2v) is 8.64. The molecule has 0 radical (unpaired) electrons. The third-order valence-corrected chi connectivity index (χ3v) is 6.43. The lowest BCUT2D eigenvalue weighted by molar-refractivity contribution is -0.127. The molecule has 3 rings (SSSR count). The molecule has 1 unspecified atom stereocenters. The quantitative estimate of drug-likeness (QED) is 0.513. The molecule has 0 aromatic heterocycles. The number of halogens is 2. The lowest BCUT2D eigenvalue weighted by Crippen LogP contribution is -2.33. The minimum absolute atomic E-state index is 0.0350. The zero-order valence-corrected chi connectivity index (χ0v) is 19.8. The number of carbonyl (C=O) groups excluding carboxylic acids is 2. The summed E-state index contributed by atoms with van der Waals surface area (Å²) in [5.74, 6) is 0.516. The Balaban J connectivity index is 1.76. The molecule has 2 amide bonds. The first-order valence-corrected chi connectivity index (χ1v) is 11.1. The molecule has 0 bridgehead atoms. The number of anilines is 1. The minimum Gasteiger partial charge on any atom is -0.497 e. The Hall–Kier alpha value is -2.68. The van der Waals surface area contributed by atoms with Crippen LogP contribution in [0.2, 0.25) is 10.0 Å². The largest absolute Gasteiger partial charge is 0.497 e. The van der Waals surface area contributed by atoms with E-state index in [1.54, 1.807) is 49.6 Å². The maximum Gasteiger partial charge on any atom is 0.242 e. The van der Waals surface area contributed by atoms with E-state index in [1.807, 2.05) is 0 Å². The van der Waals surface area contributed by atoms with Crippen LogP contribution in [0.5, 0.6) is 11.5 Å². The Labute approximate surface area is 200 Å². The van der Waals surface area contributed by atoms with Crippen molar-refractivity contribution in [2.24, 2.45) is 4.99 Å². The fourth-order valence-electron chi connectivity index (χ4n) is 2.96. The zero-order chi connectivity index (χ0) is 23.3. The molecule has 1 aliphatic heterocycles. The van der Waals surface area contributed by atoms with Crippen LogP contribution >= 0.6 is 35.0 Å². The summed E-state index contributed by atoms with van der Waals surface area (Å²) in [6.45, 7) is 3.97. The molecule has 168 valence electrons. The first-order chi connectivity index (χ1) is 15.4. The monoisotopic (exact) mass is 493 g/mol. The second kappa shape index (κ2) is 10.8. The van der Waals surface area contributed by atoms with Gasteiger partial charge in [-0.3, -0.25) is 14.5 Å². The number of nitrogens with zero attached hydrogens (tertiary/aromatic N) is 2. The number of methoxy groups -OCH3 is 2. The highest BCUT2D eigenvalue weighted by Crippen LogP contribution is 2.34. The van der Waals surface area contributed by atoms with E-state index in [-0.39, 0.29) is 24.8 Å². The van der Waals surface area contributed by atoms with Gasteiger partial charge >= 0.3 is 0 Å². The Bertz CT molecular complexity index is 1080. The molecule has 1 heterocycles. The molecular weight excluding hydrogens is 473 g/mol. The zero-order valence-electron chi connectivity index (χ0n) is 17.4. The summed E-state index contributed by atoms with van der Waals surface area (Å²) in [7, 11) is 3.04. The van der Waals surface area contributed by atoms with Crippen molar-refractivity contribution in [1.29, 1.82) is 0 Å². The summed E-state index contributed by atoms with van der Waals surface area (Å²) in [6.07, 6.45) is 1.57. The molecule has 1 fully saturated rings. The molecule has 2 aromatic rings. The van der Waals surface area contributed by atoms with Gasteiger partial charge < -0.3 is 14.8 Å². The van der Waals surface area contributed by atoms with Crippen LogP contribution < -0.4 is 14.8 Å². The predicted octanol–water partition coefficient (Wildman–Crippen LogP) is 5.16. The summed E-state index contributed by atoms with van der Waals surface area (Å²) in [5.41, 5.74) is 1.04. The molecule has 1 saturated heterocycles. The van der Waals surface area contributed by atoms with Gasteiger partial charge in [-0.25, -0.2) is 4.99 Å². The van der Waals surface area contributed by atoms with Crippen molar-refractivity contribution >= 4 is 63.3 Å². The van der Waals surface area contributed by atoms with Gasteiger partial charge in [0, 0.05) is 19.0 Å². The summed E-state index contributed by atoms with van der Waals surface area (Å²) in [4.78, 5) is 31.6. The van der Waals surface area contributed by atoms with Gasteiger partial charge in [0.1, 0.15) is 16.7 Å². The van der Waals surface area contributed by atoms with Crippen molar-refractivity contribution in [2.45, 2.75) is 11.7 Å². The molecular formula is C22H21Cl2N3O4S. The molecule has 1 aliphatic rings. The number of nitrogens with one attached hydrogen (secondary N) is 1. The number of ether oxygens (including phenoxy) is 2. The number of hydrogen-bond acceptors (Lipinski definition) is 6. The smallest absolute Gasteiger partial charge is 0.242 e. The maximum atomic E-state index is 12.9. The number of carbonyl (C=O) groups is 2. The third-order valence-electron chi connectivity index (χ3n) is 4.51. The van der Waals surface area contributed by atoms with Gasteiger partial charge in [-0.1, -0.05) is 41.0 Å². The average molecular weight is 494 g/mol. The van der Waals surface area contributed by atoms with E-state index in [0.29, 0.717) is 38.1 Å². The van der Waals surface area contributed by atoms with Gasteiger partial charge in [0.15, 0.2) is 5.17 Å². The topological polar surface area (TPSA) is 80.2 Å². The van der Waals surface area contributed by atoms with E-state index in [0.717, 1.165) is 0 Å². The van der Waals surface area contributed by atoms with E-state index < -0.39 is 5.25 Å². The molecule has 7 nitrogen and oxygen atoms in total. The van der Waals surface area contributed by atoms with Crippen LogP contribution in [-0.4, -0.2) is 47.9 Å². The predicted molar refractivity (Wildman–Crippen MR) is 130 cm³/mol. The van der Waals surface area contributed by atoms with Gasteiger partial charge in [0.2, 0.25) is 11.8 Å². The summed E-state index contributed by atoms with van der Waals surface area (Å²) in [5, 5.41) is 3.41. The second-order valence-electron chi connectivity index (χ2n) is 6.66. The van der Waals surface area contributed by atoms with Crippen molar-refractivity contribution in [1.82, 2.24) is 4.90 Å². The van der Waals surface area contributed by atoms with Gasteiger partial charge in [-0.05, 0) is 30.3 Å². The van der Waals surface area contributed by atoms with Gasteiger partial charge in [0.05, 0.1) is 35.6 Å². The maximum absolute atomic E-state index is 12.9. The summed E-state index contributed by atoms with van der Waals surface area (Å²) in [6, 6.07) is 10.0. The number of benzene rings is 2. The highest BCUT2D eigenvalue weighted by Gasteiger charge is 2.38. The Morgan fingerprint density at radius 1 is 1.22 bits per heavy atom. The Morgan fingerprint density at radius 3 is 2.66 bits per heavy atom. The first-order valence-electron chi connectivity index (χ1n) is 9.50. The molecule has 10 heteroatoms. The van der Waals surface area contributed by atoms with Crippen molar-refractivity contribution in [3.05, 3.63) is 59.1 Å². The summed E-state index contributed by atoms with van der Waals surface area (Å²) >= 11 is 13.2. The lowest BCUT2D eigenvalue weighted by atomic mass is 10.2. The van der Waals surface area contributed by atoms with Crippen molar-refractivity contribution < 1.29 is 19.1 Å². The summed E-state index contributed by atoms with van der Waals surface area (Å²) < 4.78 is 10.5. The fraction of sp³-hybridized carbons (Fsp3) is 0.227. The standard InChI is InChI=1S/C22H21Cl2N3O4S/c1-4-9-27-21(29)19(32-22(27)25-13-5-7-15(23)16(24)10-13)12-20(28)26-17-8-6-14(30-2)11-18(17)31-3/h4-8,10-11,19H,1,9,12H2,2-3H3,(H,26,28). The molecule has 0 spiro atoms. The number of amidine groups is 1. The number of rotatable bonds is 8. The number of amides is 2. The van der Waals surface area contributed by atoms with E-state index in [4.69, 9.17) is 32.7 Å². The van der Waals surface area contributed by atoms with Crippen LogP contribution in [0.4, 0.5) is 11.4 Å². The van der Waals surface area contributed by atoms with Gasteiger partial charge in [0.25, 0.3) is 0 Å². The minimum atomic E-state index is -0.624. The molecule has 0 saturated carbocycles. The molecule has 1 atom stereocenters. The number of hydrogen-bond donors (Lipinski definition) is 1. The van der Waals surface area contributed by atoms with Crippen LogP contribution in [0.15, 0.2) is 54.0 Å². The van der Waals surface area contributed by atoms with Crippen LogP contribution in [0.3, 0.4) is 0 Å². The first kappa shape index (κ1) is 24.0. The Kier molecular flexibility index (Phi) is 8.06. The van der Waals surface area contributed by atoms with Crippen LogP contribution in [0, 0.1) is 0 Å². The van der Waals surface area contributed by atoms with E-state index in [1.165, 1.54) is 23.8 Å². The van der Waals surface area contributed by atoms with Crippen LogP contribution in [-0.2, 0) is 9.59 Å². The Morgan fingerprint density at radius 2 is 2.00 bits per heavy atom. The van der Waals surface area contributed by atoms with E-state index in [9.17, 15) is 9.59 Å². The highest BCUT2D eigenvalue weighted by molar-refractivity contribution is 8.15. The molecule has 32 heavy (non-hydrogen) atoms. The van der Waals surface area contributed by atoms with Crippen molar-refractivity contribution in [3.8, 4) is 11.5 Å². The van der Waals surface area contributed by atoms with Crippen molar-refractivity contribution in [3.63, 3.8) is 0 Å². The van der Waals surface area contributed by atoms with Crippen LogP contribution in [0.25, 0.3) is 0 Å². The highest BCUT2D eigenvalue weighted by atomic mass is 35.5. The lowest BCUT2D eigenvalue weighted by Gasteiger charge is -2.14. The third kappa shape index (κ3) is 5.56.